The summed E-state index contributed by atoms with van der Waals surface area (Å²) in [6, 6.07) is 1.86. The molecule has 1 aromatic rings. The third kappa shape index (κ3) is 5.51. The molecule has 0 spiro atoms. The Hall–Kier alpha value is -1.99. The van der Waals surface area contributed by atoms with Gasteiger partial charge in [0.05, 0.1) is 24.3 Å². The molecule has 7 nitrogen and oxygen atoms in total. The highest BCUT2D eigenvalue weighted by Gasteiger charge is 2.18. The Morgan fingerprint density at radius 3 is 2.50 bits per heavy atom. The van der Waals surface area contributed by atoms with Crippen molar-refractivity contribution in [2.45, 2.75) is 38.1 Å². The van der Waals surface area contributed by atoms with Gasteiger partial charge in [0.25, 0.3) is 11.8 Å². The number of morpholine rings is 1. The highest BCUT2D eigenvalue weighted by Crippen LogP contribution is 2.17. The van der Waals surface area contributed by atoms with Crippen molar-refractivity contribution in [3.05, 3.63) is 29.6 Å². The van der Waals surface area contributed by atoms with Crippen molar-refractivity contribution in [3.63, 3.8) is 0 Å². The average molecular weight is 360 g/mol. The predicted octanol–water partition coefficient (Wildman–Crippen LogP) is 1.21. The summed E-state index contributed by atoms with van der Waals surface area (Å²) in [5, 5.41) is 5.96. The molecule has 2 heterocycles. The molecular formula is C19H28N4O3. The summed E-state index contributed by atoms with van der Waals surface area (Å²) in [7, 11) is 0. The van der Waals surface area contributed by atoms with Crippen LogP contribution >= 0.6 is 0 Å². The fourth-order valence-electron chi connectivity index (χ4n) is 3.46. The first-order valence-electron chi connectivity index (χ1n) is 9.56. The fourth-order valence-corrected chi connectivity index (χ4v) is 3.46. The van der Waals surface area contributed by atoms with Crippen LogP contribution in [0.3, 0.4) is 0 Å². The van der Waals surface area contributed by atoms with E-state index in [1.807, 2.05) is 0 Å². The highest BCUT2D eigenvalue weighted by molar-refractivity contribution is 5.99. The predicted molar refractivity (Wildman–Crippen MR) is 98.2 cm³/mol. The molecule has 1 aliphatic carbocycles. The van der Waals surface area contributed by atoms with E-state index >= 15 is 0 Å². The van der Waals surface area contributed by atoms with E-state index in [-0.39, 0.29) is 17.9 Å². The first-order chi connectivity index (χ1) is 12.7. The van der Waals surface area contributed by atoms with E-state index in [1.165, 1.54) is 18.8 Å². The van der Waals surface area contributed by atoms with Crippen molar-refractivity contribution in [3.8, 4) is 0 Å². The van der Waals surface area contributed by atoms with Crippen molar-refractivity contribution >= 4 is 11.8 Å². The highest BCUT2D eigenvalue weighted by atomic mass is 16.5. The lowest BCUT2D eigenvalue weighted by molar-refractivity contribution is 0.0383. The molecule has 7 heteroatoms. The third-order valence-corrected chi connectivity index (χ3v) is 5.02. The smallest absolute Gasteiger partial charge is 0.253 e. The Morgan fingerprint density at radius 1 is 1.08 bits per heavy atom. The Morgan fingerprint density at radius 2 is 1.77 bits per heavy atom. The van der Waals surface area contributed by atoms with E-state index in [0.29, 0.717) is 17.7 Å². The van der Waals surface area contributed by atoms with Crippen LogP contribution in [0.2, 0.25) is 0 Å². The molecule has 2 N–H and O–H groups in total. The van der Waals surface area contributed by atoms with E-state index in [2.05, 4.69) is 20.5 Å². The summed E-state index contributed by atoms with van der Waals surface area (Å²) >= 11 is 0. The zero-order valence-electron chi connectivity index (χ0n) is 15.2. The molecular weight excluding hydrogens is 332 g/mol. The summed E-state index contributed by atoms with van der Waals surface area (Å²) in [5.74, 6) is -0.342. The second-order valence-corrected chi connectivity index (χ2v) is 6.98. The largest absolute Gasteiger partial charge is 0.379 e. The molecule has 1 aliphatic heterocycles. The molecule has 3 rings (SSSR count). The normalized spacial score (nSPS) is 19.1. The lowest BCUT2D eigenvalue weighted by Crippen LogP contribution is -2.41. The lowest BCUT2D eigenvalue weighted by Gasteiger charge is -2.26. The summed E-state index contributed by atoms with van der Waals surface area (Å²) in [5.41, 5.74) is 0.861. The van der Waals surface area contributed by atoms with E-state index in [4.69, 9.17) is 4.74 Å². The van der Waals surface area contributed by atoms with Crippen LogP contribution in [0.25, 0.3) is 0 Å². The van der Waals surface area contributed by atoms with Crippen molar-refractivity contribution < 1.29 is 14.3 Å². The van der Waals surface area contributed by atoms with Gasteiger partial charge in [0.15, 0.2) is 0 Å². The van der Waals surface area contributed by atoms with Gasteiger partial charge >= 0.3 is 0 Å². The number of amides is 2. The summed E-state index contributed by atoms with van der Waals surface area (Å²) < 4.78 is 5.31. The summed E-state index contributed by atoms with van der Waals surface area (Å²) in [6.45, 7) is 4.65. The number of nitrogens with one attached hydrogen (secondary N) is 2. The number of nitrogens with zero attached hydrogens (tertiary/aromatic N) is 2. The molecule has 0 atom stereocenters. The zero-order valence-corrected chi connectivity index (χ0v) is 15.2. The van der Waals surface area contributed by atoms with Crippen LogP contribution in [0.4, 0.5) is 0 Å². The van der Waals surface area contributed by atoms with Crippen molar-refractivity contribution in [1.82, 2.24) is 20.5 Å². The SMILES string of the molecule is O=C(NCCN1CCOCC1)c1cncc(C(=O)NC2CCCCC2)c1. The topological polar surface area (TPSA) is 83.6 Å². The van der Waals surface area contributed by atoms with Gasteiger partial charge in [-0.05, 0) is 18.9 Å². The fraction of sp³-hybridized carbons (Fsp3) is 0.632. The van der Waals surface area contributed by atoms with Gasteiger partial charge < -0.3 is 15.4 Å². The number of carbonyl (C=O) groups excluding carboxylic acids is 2. The third-order valence-electron chi connectivity index (χ3n) is 5.02. The van der Waals surface area contributed by atoms with Gasteiger partial charge in [-0.15, -0.1) is 0 Å². The van der Waals surface area contributed by atoms with Gasteiger partial charge in [-0.3, -0.25) is 19.5 Å². The first-order valence-corrected chi connectivity index (χ1v) is 9.56. The van der Waals surface area contributed by atoms with Crippen molar-refractivity contribution in [2.24, 2.45) is 0 Å². The number of hydrogen-bond donors (Lipinski definition) is 2. The Bertz CT molecular complexity index is 611. The average Bonchev–Trinajstić information content (AvgIpc) is 2.69. The second-order valence-electron chi connectivity index (χ2n) is 6.98. The maximum absolute atomic E-state index is 12.4. The molecule has 2 fully saturated rings. The molecule has 0 radical (unpaired) electrons. The van der Waals surface area contributed by atoms with Crippen LogP contribution < -0.4 is 10.6 Å². The number of rotatable bonds is 6. The van der Waals surface area contributed by atoms with Gasteiger partial charge in [-0.2, -0.15) is 0 Å². The van der Waals surface area contributed by atoms with E-state index in [0.717, 1.165) is 58.5 Å². The molecule has 1 aromatic heterocycles. The van der Waals surface area contributed by atoms with E-state index < -0.39 is 0 Å². The molecule has 0 aromatic carbocycles. The molecule has 26 heavy (non-hydrogen) atoms. The number of carbonyl (C=O) groups is 2. The Labute approximate surface area is 154 Å². The first kappa shape index (κ1) is 18.8. The Kier molecular flexibility index (Phi) is 6.96. The standard InChI is InChI=1S/C19H28N4O3/c24-18(21-6-7-23-8-10-26-11-9-23)15-12-16(14-20-13-15)19(25)22-17-4-2-1-3-5-17/h12-14,17H,1-11H2,(H,21,24)(H,22,25). The van der Waals surface area contributed by atoms with Crippen LogP contribution in [0.5, 0.6) is 0 Å². The van der Waals surface area contributed by atoms with Gasteiger partial charge in [0.1, 0.15) is 0 Å². The molecule has 2 amide bonds. The number of aromatic nitrogens is 1. The van der Waals surface area contributed by atoms with Crippen LogP contribution in [0, 0.1) is 0 Å². The minimum Gasteiger partial charge on any atom is -0.379 e. The maximum atomic E-state index is 12.4. The summed E-state index contributed by atoms with van der Waals surface area (Å²) in [4.78, 5) is 31.1. The molecule has 1 saturated carbocycles. The molecule has 0 unspecified atom stereocenters. The second kappa shape index (κ2) is 9.64. The van der Waals surface area contributed by atoms with E-state index in [1.54, 1.807) is 6.07 Å². The van der Waals surface area contributed by atoms with E-state index in [9.17, 15) is 9.59 Å². The van der Waals surface area contributed by atoms with Gasteiger partial charge in [0, 0.05) is 44.6 Å². The molecule has 0 bridgehead atoms. The van der Waals surface area contributed by atoms with Crippen LogP contribution in [-0.2, 0) is 4.74 Å². The van der Waals surface area contributed by atoms with Crippen LogP contribution in [0.1, 0.15) is 52.8 Å². The molecule has 1 saturated heterocycles. The lowest BCUT2D eigenvalue weighted by atomic mass is 9.95. The van der Waals surface area contributed by atoms with Crippen LogP contribution in [0.15, 0.2) is 18.5 Å². The number of ether oxygens (including phenoxy) is 1. The van der Waals surface area contributed by atoms with Crippen molar-refractivity contribution in [1.29, 1.82) is 0 Å². The number of pyridine rings is 1. The Balaban J connectivity index is 1.48. The molecule has 142 valence electrons. The monoisotopic (exact) mass is 360 g/mol. The van der Waals surface area contributed by atoms with Gasteiger partial charge in [-0.25, -0.2) is 0 Å². The minimum absolute atomic E-state index is 0.146. The minimum atomic E-state index is -0.196. The van der Waals surface area contributed by atoms with Gasteiger partial charge in [-0.1, -0.05) is 19.3 Å². The quantitative estimate of drug-likeness (QED) is 0.797. The molecule has 2 aliphatic rings. The summed E-state index contributed by atoms with van der Waals surface area (Å²) in [6.07, 6.45) is 8.64. The van der Waals surface area contributed by atoms with Gasteiger partial charge in [0.2, 0.25) is 0 Å². The zero-order chi connectivity index (χ0) is 18.2. The number of hydrogen-bond acceptors (Lipinski definition) is 5. The van der Waals surface area contributed by atoms with Crippen molar-refractivity contribution in [2.75, 3.05) is 39.4 Å². The van der Waals surface area contributed by atoms with Crippen LogP contribution in [-0.4, -0.2) is 67.1 Å². The maximum Gasteiger partial charge on any atom is 0.253 e.